The molecule has 2 aromatic carbocycles. The normalized spacial score (nSPS) is 12.4. The van der Waals surface area contributed by atoms with Gasteiger partial charge in [-0.1, -0.05) is 60.7 Å². The fourth-order valence-corrected chi connectivity index (χ4v) is 4.48. The zero-order valence-electron chi connectivity index (χ0n) is 18.9. The highest BCUT2D eigenvalue weighted by atomic mass is 16.5. The van der Waals surface area contributed by atoms with E-state index in [9.17, 15) is 14.4 Å². The Morgan fingerprint density at radius 2 is 1.62 bits per heavy atom. The summed E-state index contributed by atoms with van der Waals surface area (Å²) in [4.78, 5) is 47.0. The standard InChI is InChI=1S/C27H23N3O4/c1-3-34-27(33)20-16(2)30(15-18-12-8-5-9-13-18)24-21(20)25(31)26(32)23-22(24)28-19(29-23)14-17-10-6-4-7-11-17/h4-13H,3,14-15H2,1-2H3,(H,28,29). The highest BCUT2D eigenvalue weighted by Crippen LogP contribution is 2.38. The van der Waals surface area contributed by atoms with Crippen molar-refractivity contribution in [2.45, 2.75) is 26.8 Å². The molecule has 2 heterocycles. The summed E-state index contributed by atoms with van der Waals surface area (Å²) in [7, 11) is 0. The van der Waals surface area contributed by atoms with E-state index in [4.69, 9.17) is 9.72 Å². The topological polar surface area (TPSA) is 94.1 Å². The molecule has 0 atom stereocenters. The first-order valence-corrected chi connectivity index (χ1v) is 11.2. The molecule has 5 rings (SSSR count). The van der Waals surface area contributed by atoms with Crippen LogP contribution >= 0.6 is 0 Å². The van der Waals surface area contributed by atoms with E-state index in [0.717, 1.165) is 11.1 Å². The van der Waals surface area contributed by atoms with Crippen molar-refractivity contribution in [3.63, 3.8) is 0 Å². The second-order valence-corrected chi connectivity index (χ2v) is 8.20. The molecule has 7 nitrogen and oxygen atoms in total. The van der Waals surface area contributed by atoms with Crippen molar-refractivity contribution in [3.8, 4) is 11.4 Å². The van der Waals surface area contributed by atoms with Gasteiger partial charge in [-0.2, -0.15) is 0 Å². The number of aromatic nitrogens is 3. The van der Waals surface area contributed by atoms with Crippen LogP contribution in [0.4, 0.5) is 0 Å². The van der Waals surface area contributed by atoms with Gasteiger partial charge >= 0.3 is 5.97 Å². The Labute approximate surface area is 196 Å². The molecule has 0 spiro atoms. The Morgan fingerprint density at radius 1 is 0.971 bits per heavy atom. The van der Waals surface area contributed by atoms with Gasteiger partial charge in [0.25, 0.3) is 5.78 Å². The molecule has 34 heavy (non-hydrogen) atoms. The van der Waals surface area contributed by atoms with Crippen LogP contribution in [0.3, 0.4) is 0 Å². The summed E-state index contributed by atoms with van der Waals surface area (Å²) < 4.78 is 7.13. The predicted molar refractivity (Wildman–Crippen MR) is 126 cm³/mol. The molecule has 0 unspecified atom stereocenters. The minimum absolute atomic E-state index is 0.0714. The maximum absolute atomic E-state index is 13.3. The first-order chi connectivity index (χ1) is 16.5. The summed E-state index contributed by atoms with van der Waals surface area (Å²) in [5, 5.41) is 0. The van der Waals surface area contributed by atoms with Crippen LogP contribution in [0.1, 0.15) is 60.8 Å². The molecule has 0 saturated carbocycles. The van der Waals surface area contributed by atoms with Gasteiger partial charge in [0, 0.05) is 18.7 Å². The van der Waals surface area contributed by atoms with Crippen LogP contribution in [0.2, 0.25) is 0 Å². The van der Waals surface area contributed by atoms with E-state index in [1.807, 2.05) is 65.2 Å². The van der Waals surface area contributed by atoms with Gasteiger partial charge in [0.1, 0.15) is 17.2 Å². The fourth-order valence-electron chi connectivity index (χ4n) is 4.48. The number of benzene rings is 2. The Bertz CT molecular complexity index is 1420. The number of hydrogen-bond donors (Lipinski definition) is 1. The van der Waals surface area contributed by atoms with Crippen LogP contribution in [-0.4, -0.2) is 38.7 Å². The van der Waals surface area contributed by atoms with Crippen molar-refractivity contribution in [2.75, 3.05) is 6.61 Å². The number of rotatable bonds is 6. The minimum atomic E-state index is -0.727. The second-order valence-electron chi connectivity index (χ2n) is 8.20. The molecule has 170 valence electrons. The smallest absolute Gasteiger partial charge is 0.340 e. The number of carbonyl (C=O) groups excluding carboxylic acids is 3. The summed E-state index contributed by atoms with van der Waals surface area (Å²) in [6, 6.07) is 19.5. The number of carbonyl (C=O) groups is 3. The molecule has 4 aromatic rings. The average Bonchev–Trinajstić information content (AvgIpc) is 3.38. The number of nitrogens with zero attached hydrogens (tertiary/aromatic N) is 2. The van der Waals surface area contributed by atoms with Crippen LogP contribution in [-0.2, 0) is 17.7 Å². The summed E-state index contributed by atoms with van der Waals surface area (Å²) in [5.74, 6) is -1.46. The van der Waals surface area contributed by atoms with Crippen LogP contribution in [0, 0.1) is 6.92 Å². The molecule has 1 aliphatic rings. The third-order valence-electron chi connectivity index (χ3n) is 6.04. The number of imidazole rings is 1. The molecular formula is C27H23N3O4. The van der Waals surface area contributed by atoms with Crippen LogP contribution < -0.4 is 0 Å². The first-order valence-electron chi connectivity index (χ1n) is 11.2. The Morgan fingerprint density at radius 3 is 2.26 bits per heavy atom. The largest absolute Gasteiger partial charge is 0.462 e. The zero-order valence-corrected chi connectivity index (χ0v) is 18.9. The van der Waals surface area contributed by atoms with Crippen molar-refractivity contribution in [2.24, 2.45) is 0 Å². The summed E-state index contributed by atoms with van der Waals surface area (Å²) in [5.41, 5.74) is 3.80. The van der Waals surface area contributed by atoms with E-state index in [2.05, 4.69) is 4.98 Å². The van der Waals surface area contributed by atoms with Gasteiger partial charge in [0.2, 0.25) is 5.78 Å². The van der Waals surface area contributed by atoms with Crippen LogP contribution in [0.15, 0.2) is 60.7 Å². The van der Waals surface area contributed by atoms with Gasteiger partial charge in [0.05, 0.1) is 23.4 Å². The number of Topliss-reactive ketones (excluding diaryl/α,β-unsaturated/α-hetero) is 2. The van der Waals surface area contributed by atoms with E-state index >= 15 is 0 Å². The number of aromatic amines is 1. The zero-order chi connectivity index (χ0) is 23.8. The quantitative estimate of drug-likeness (QED) is 0.345. The number of nitrogens with one attached hydrogen (secondary N) is 1. The van der Waals surface area contributed by atoms with Crippen molar-refractivity contribution in [3.05, 3.63) is 100 Å². The van der Waals surface area contributed by atoms with Gasteiger partial charge in [-0.25, -0.2) is 9.78 Å². The molecule has 1 N–H and O–H groups in total. The lowest BCUT2D eigenvalue weighted by Crippen LogP contribution is -2.24. The van der Waals surface area contributed by atoms with Gasteiger partial charge in [-0.15, -0.1) is 0 Å². The second kappa shape index (κ2) is 8.59. The highest BCUT2D eigenvalue weighted by molar-refractivity contribution is 6.53. The van der Waals surface area contributed by atoms with Gasteiger partial charge in [0.15, 0.2) is 0 Å². The number of fused-ring (bicyclic) bond motifs is 3. The molecule has 7 heteroatoms. The van der Waals surface area contributed by atoms with Gasteiger partial charge in [-0.3, -0.25) is 9.59 Å². The Kier molecular flexibility index (Phi) is 5.45. The molecule has 0 bridgehead atoms. The molecule has 2 aromatic heterocycles. The average molecular weight is 453 g/mol. The third kappa shape index (κ3) is 3.55. The monoisotopic (exact) mass is 453 g/mol. The lowest BCUT2D eigenvalue weighted by Gasteiger charge is -2.15. The van der Waals surface area contributed by atoms with Crippen molar-refractivity contribution < 1.29 is 19.1 Å². The number of hydrogen-bond acceptors (Lipinski definition) is 5. The predicted octanol–water partition coefficient (Wildman–Crippen LogP) is 4.38. The van der Waals surface area contributed by atoms with Gasteiger partial charge < -0.3 is 14.3 Å². The maximum atomic E-state index is 13.3. The maximum Gasteiger partial charge on any atom is 0.340 e. The molecule has 1 aliphatic carbocycles. The van der Waals surface area contributed by atoms with E-state index in [1.54, 1.807) is 13.8 Å². The lowest BCUT2D eigenvalue weighted by molar-refractivity contribution is 0.0522. The van der Waals surface area contributed by atoms with Crippen molar-refractivity contribution in [1.29, 1.82) is 0 Å². The van der Waals surface area contributed by atoms with Crippen molar-refractivity contribution >= 4 is 17.5 Å². The first kappa shape index (κ1) is 21.6. The van der Waals surface area contributed by atoms with E-state index in [0.29, 0.717) is 35.9 Å². The fraction of sp³-hybridized carbons (Fsp3) is 0.185. The molecule has 0 saturated heterocycles. The Balaban J connectivity index is 1.71. The van der Waals surface area contributed by atoms with Gasteiger partial charge in [-0.05, 0) is 25.0 Å². The molecule has 0 fully saturated rings. The van der Waals surface area contributed by atoms with E-state index < -0.39 is 17.5 Å². The Hall–Kier alpha value is -4.26. The highest BCUT2D eigenvalue weighted by Gasteiger charge is 2.41. The molecule has 0 radical (unpaired) electrons. The number of H-pyrrole nitrogens is 1. The number of ether oxygens (including phenoxy) is 1. The van der Waals surface area contributed by atoms with E-state index in [1.165, 1.54) is 0 Å². The minimum Gasteiger partial charge on any atom is -0.462 e. The van der Waals surface area contributed by atoms with Crippen molar-refractivity contribution in [1.82, 2.24) is 14.5 Å². The molecule has 0 aliphatic heterocycles. The van der Waals surface area contributed by atoms with E-state index in [-0.39, 0.29) is 23.4 Å². The third-order valence-corrected chi connectivity index (χ3v) is 6.04. The summed E-state index contributed by atoms with van der Waals surface area (Å²) >= 11 is 0. The number of ketones is 2. The van der Waals surface area contributed by atoms with Crippen LogP contribution in [0.25, 0.3) is 11.4 Å². The molecule has 0 amide bonds. The molecular weight excluding hydrogens is 430 g/mol. The number of esters is 1. The summed E-state index contributed by atoms with van der Waals surface area (Å²) in [6.07, 6.45) is 0.480. The lowest BCUT2D eigenvalue weighted by atomic mass is 9.92. The van der Waals surface area contributed by atoms with Crippen LogP contribution in [0.5, 0.6) is 0 Å². The summed E-state index contributed by atoms with van der Waals surface area (Å²) in [6.45, 7) is 4.04. The SMILES string of the molecule is CCOC(=O)c1c2c(n(Cc3ccccc3)c1C)-c1nc(Cc3ccccc3)[nH]c1C(=O)C2=O.